The Balaban J connectivity index is 1.80. The quantitative estimate of drug-likeness (QED) is 0.506. The van der Waals surface area contributed by atoms with Gasteiger partial charge in [0, 0.05) is 16.8 Å². The summed E-state index contributed by atoms with van der Waals surface area (Å²) in [6.07, 6.45) is 0.987. The summed E-state index contributed by atoms with van der Waals surface area (Å²) >= 11 is 12.6. The fraction of sp³-hybridized carbons (Fsp3) is 0.273. The van der Waals surface area contributed by atoms with Crippen molar-refractivity contribution in [2.24, 2.45) is 0 Å². The first-order chi connectivity index (χ1) is 13.4. The van der Waals surface area contributed by atoms with Crippen molar-refractivity contribution in [3.63, 3.8) is 0 Å². The van der Waals surface area contributed by atoms with Crippen molar-refractivity contribution in [1.29, 1.82) is 0 Å². The molecule has 4 nitrogen and oxygen atoms in total. The average molecular weight is 417 g/mol. The molecule has 0 aliphatic rings. The molecular formula is C22H22Cl2N2O2. The maximum absolute atomic E-state index is 12.5. The number of fused-ring (bicyclic) bond motifs is 1. The fourth-order valence-corrected chi connectivity index (χ4v) is 3.58. The normalized spacial score (nSPS) is 12.0. The number of halogens is 2. The topological polar surface area (TPSA) is 51.2 Å². The Labute approximate surface area is 174 Å². The second kappa shape index (κ2) is 8.80. The Hall–Kier alpha value is -2.30. The summed E-state index contributed by atoms with van der Waals surface area (Å²) in [4.78, 5) is 17.0. The van der Waals surface area contributed by atoms with Crippen LogP contribution in [0.3, 0.4) is 0 Å². The summed E-state index contributed by atoms with van der Waals surface area (Å²) in [5, 5.41) is 4.48. The Bertz CT molecular complexity index is 1020. The number of pyridine rings is 1. The molecule has 146 valence electrons. The molecule has 0 aliphatic heterocycles. The van der Waals surface area contributed by atoms with E-state index >= 15 is 0 Å². The van der Waals surface area contributed by atoms with Crippen molar-refractivity contribution in [3.8, 4) is 5.75 Å². The number of nitrogens with zero attached hydrogens (tertiary/aromatic N) is 1. The molecule has 1 N–H and O–H groups in total. The summed E-state index contributed by atoms with van der Waals surface area (Å²) in [5.74, 6) is 0.442. The number of hydrogen-bond donors (Lipinski definition) is 1. The van der Waals surface area contributed by atoms with Gasteiger partial charge < -0.3 is 10.1 Å². The van der Waals surface area contributed by atoms with Gasteiger partial charge in [0.05, 0.1) is 10.0 Å². The van der Waals surface area contributed by atoms with Crippen molar-refractivity contribution in [1.82, 2.24) is 4.98 Å². The van der Waals surface area contributed by atoms with E-state index in [1.54, 1.807) is 6.07 Å². The molecule has 1 atom stereocenters. The van der Waals surface area contributed by atoms with Gasteiger partial charge in [-0.1, -0.05) is 55.2 Å². The lowest BCUT2D eigenvalue weighted by molar-refractivity contribution is -0.118. The summed E-state index contributed by atoms with van der Waals surface area (Å²) in [7, 11) is 0. The van der Waals surface area contributed by atoms with Gasteiger partial charge in [-0.15, -0.1) is 0 Å². The van der Waals surface area contributed by atoms with Gasteiger partial charge in [-0.05, 0) is 49.1 Å². The van der Waals surface area contributed by atoms with Crippen LogP contribution in [0.1, 0.15) is 37.4 Å². The molecule has 3 aromatic rings. The lowest BCUT2D eigenvalue weighted by atomic mass is 9.97. The van der Waals surface area contributed by atoms with E-state index in [-0.39, 0.29) is 12.5 Å². The molecule has 1 amide bonds. The predicted molar refractivity (Wildman–Crippen MR) is 116 cm³/mol. The largest absolute Gasteiger partial charge is 0.480 e. The van der Waals surface area contributed by atoms with Crippen LogP contribution in [0.15, 0.2) is 42.5 Å². The third-order valence-electron chi connectivity index (χ3n) is 4.70. The number of hydrogen-bond acceptors (Lipinski definition) is 3. The molecule has 0 saturated heterocycles. The van der Waals surface area contributed by atoms with Crippen LogP contribution in [0.25, 0.3) is 10.9 Å². The third kappa shape index (κ3) is 4.40. The Morgan fingerprint density at radius 2 is 1.93 bits per heavy atom. The number of aryl methyl sites for hydroxylation is 1. The molecule has 0 radical (unpaired) electrons. The Morgan fingerprint density at radius 1 is 1.18 bits per heavy atom. The van der Waals surface area contributed by atoms with Crippen LogP contribution in [0, 0.1) is 6.92 Å². The van der Waals surface area contributed by atoms with Gasteiger partial charge >= 0.3 is 0 Å². The minimum atomic E-state index is -0.262. The van der Waals surface area contributed by atoms with E-state index in [9.17, 15) is 4.79 Å². The van der Waals surface area contributed by atoms with Gasteiger partial charge in [-0.25, -0.2) is 4.98 Å². The highest BCUT2D eigenvalue weighted by Gasteiger charge is 2.16. The molecular weight excluding hydrogens is 395 g/mol. The number of aromatic nitrogens is 1. The number of para-hydroxylation sites is 1. The Morgan fingerprint density at radius 3 is 2.68 bits per heavy atom. The number of rotatable bonds is 6. The van der Waals surface area contributed by atoms with Crippen LogP contribution >= 0.6 is 23.2 Å². The van der Waals surface area contributed by atoms with E-state index in [1.165, 1.54) is 0 Å². The minimum Gasteiger partial charge on any atom is -0.480 e. The predicted octanol–water partition coefficient (Wildman–Crippen LogP) is 6.38. The number of amides is 1. The second-order valence-electron chi connectivity index (χ2n) is 6.75. The summed E-state index contributed by atoms with van der Waals surface area (Å²) in [6, 6.07) is 13.1. The zero-order chi connectivity index (χ0) is 20.3. The highest BCUT2D eigenvalue weighted by atomic mass is 35.5. The SMILES string of the molecule is CC[C@H](C)c1ccccc1NC(=O)COc1c(Cl)cc(Cl)c2ccc(C)nc12. The lowest BCUT2D eigenvalue weighted by Gasteiger charge is -2.16. The maximum atomic E-state index is 12.5. The number of ether oxygens (including phenoxy) is 1. The second-order valence-corrected chi connectivity index (χ2v) is 7.57. The van der Waals surface area contributed by atoms with Crippen molar-refractivity contribution in [3.05, 3.63) is 63.8 Å². The fourth-order valence-electron chi connectivity index (χ4n) is 3.01. The van der Waals surface area contributed by atoms with Gasteiger partial charge in [0.15, 0.2) is 12.4 Å². The number of carbonyl (C=O) groups is 1. The van der Waals surface area contributed by atoms with Crippen molar-refractivity contribution < 1.29 is 9.53 Å². The number of anilines is 1. The standard InChI is InChI=1S/C22H22Cl2N2O2/c1-4-13(2)15-7-5-6-8-19(15)26-20(27)12-28-22-18(24)11-17(23)16-10-9-14(3)25-21(16)22/h5-11,13H,4,12H2,1-3H3,(H,26,27)/t13-/m0/s1. The summed E-state index contributed by atoms with van der Waals surface area (Å²) in [6.45, 7) is 5.95. The van der Waals surface area contributed by atoms with Crippen LogP contribution < -0.4 is 10.1 Å². The minimum absolute atomic E-state index is 0.180. The zero-order valence-corrected chi connectivity index (χ0v) is 17.6. The smallest absolute Gasteiger partial charge is 0.262 e. The third-order valence-corrected chi connectivity index (χ3v) is 5.30. The molecule has 1 heterocycles. The molecule has 6 heteroatoms. The van der Waals surface area contributed by atoms with Crippen LogP contribution in [-0.4, -0.2) is 17.5 Å². The molecule has 2 aromatic carbocycles. The summed E-state index contributed by atoms with van der Waals surface area (Å²) in [5.41, 5.74) is 3.25. The maximum Gasteiger partial charge on any atom is 0.262 e. The van der Waals surface area contributed by atoms with E-state index in [1.807, 2.05) is 43.3 Å². The van der Waals surface area contributed by atoms with E-state index < -0.39 is 0 Å². The van der Waals surface area contributed by atoms with Gasteiger partial charge in [0.2, 0.25) is 0 Å². The molecule has 1 aromatic heterocycles. The first kappa shape index (κ1) is 20.4. The van der Waals surface area contributed by atoms with Crippen LogP contribution in [0.4, 0.5) is 5.69 Å². The Kier molecular flexibility index (Phi) is 6.42. The van der Waals surface area contributed by atoms with Gasteiger partial charge in [0.25, 0.3) is 5.91 Å². The monoisotopic (exact) mass is 416 g/mol. The molecule has 0 spiro atoms. The molecule has 28 heavy (non-hydrogen) atoms. The molecule has 3 rings (SSSR count). The molecule has 0 saturated carbocycles. The van der Waals surface area contributed by atoms with E-state index in [0.29, 0.717) is 27.2 Å². The van der Waals surface area contributed by atoms with E-state index in [2.05, 4.69) is 24.1 Å². The van der Waals surface area contributed by atoms with Crippen molar-refractivity contribution in [2.75, 3.05) is 11.9 Å². The average Bonchev–Trinajstić information content (AvgIpc) is 2.67. The first-order valence-corrected chi connectivity index (χ1v) is 9.93. The highest BCUT2D eigenvalue weighted by molar-refractivity contribution is 6.39. The van der Waals surface area contributed by atoms with Crippen LogP contribution in [-0.2, 0) is 4.79 Å². The van der Waals surface area contributed by atoms with Gasteiger partial charge in [-0.3, -0.25) is 4.79 Å². The molecule has 0 aliphatic carbocycles. The van der Waals surface area contributed by atoms with E-state index in [0.717, 1.165) is 28.8 Å². The number of benzene rings is 2. The zero-order valence-electron chi connectivity index (χ0n) is 16.1. The molecule has 0 fully saturated rings. The van der Waals surface area contributed by atoms with Gasteiger partial charge in [-0.2, -0.15) is 0 Å². The van der Waals surface area contributed by atoms with Gasteiger partial charge in [0.1, 0.15) is 5.52 Å². The van der Waals surface area contributed by atoms with Crippen molar-refractivity contribution >= 4 is 45.7 Å². The number of carbonyl (C=O) groups excluding carboxylic acids is 1. The number of nitrogens with one attached hydrogen (secondary N) is 1. The highest BCUT2D eigenvalue weighted by Crippen LogP contribution is 2.37. The first-order valence-electron chi connectivity index (χ1n) is 9.17. The van der Waals surface area contributed by atoms with Crippen molar-refractivity contribution in [2.45, 2.75) is 33.1 Å². The van der Waals surface area contributed by atoms with E-state index in [4.69, 9.17) is 27.9 Å². The molecule has 0 unspecified atom stereocenters. The molecule has 0 bridgehead atoms. The summed E-state index contributed by atoms with van der Waals surface area (Å²) < 4.78 is 5.76. The lowest BCUT2D eigenvalue weighted by Crippen LogP contribution is -2.21. The van der Waals surface area contributed by atoms with Crippen LogP contribution in [0.2, 0.25) is 10.0 Å². The van der Waals surface area contributed by atoms with Crippen LogP contribution in [0.5, 0.6) is 5.75 Å².